The first kappa shape index (κ1) is 18.7. The maximum atomic E-state index is 10.9. The maximum absolute atomic E-state index is 10.9. The van der Waals surface area contributed by atoms with E-state index in [0.29, 0.717) is 42.8 Å². The lowest BCUT2D eigenvalue weighted by atomic mass is 10.2. The van der Waals surface area contributed by atoms with Gasteiger partial charge < -0.3 is 14.4 Å². The SMILES string of the molecule is COc1nc(N/N=C/c2cc([N+](=O)[O-])ccc2Cl)nc(N2CCOCC2)n1. The summed E-state index contributed by atoms with van der Waals surface area (Å²) in [6, 6.07) is 4.21. The summed E-state index contributed by atoms with van der Waals surface area (Å²) in [6.45, 7) is 2.47. The Morgan fingerprint density at radius 3 is 2.85 bits per heavy atom. The van der Waals surface area contributed by atoms with Crippen LogP contribution in [0, 0.1) is 10.1 Å². The van der Waals surface area contributed by atoms with Crippen LogP contribution in [-0.2, 0) is 4.74 Å². The Kier molecular flexibility index (Phi) is 5.94. The summed E-state index contributed by atoms with van der Waals surface area (Å²) in [5.74, 6) is 0.609. The van der Waals surface area contributed by atoms with Crippen molar-refractivity contribution >= 4 is 35.4 Å². The highest BCUT2D eigenvalue weighted by Crippen LogP contribution is 2.21. The molecule has 1 N–H and O–H groups in total. The Morgan fingerprint density at radius 1 is 1.37 bits per heavy atom. The minimum Gasteiger partial charge on any atom is -0.467 e. The topological polar surface area (TPSA) is 128 Å². The van der Waals surface area contributed by atoms with Crippen LogP contribution in [-0.4, -0.2) is 59.5 Å². The van der Waals surface area contributed by atoms with Gasteiger partial charge in [-0.25, -0.2) is 5.43 Å². The number of methoxy groups -OCH3 is 1. The van der Waals surface area contributed by atoms with Gasteiger partial charge in [-0.1, -0.05) is 11.6 Å². The second kappa shape index (κ2) is 8.56. The molecule has 27 heavy (non-hydrogen) atoms. The fourth-order valence-corrected chi connectivity index (χ4v) is 2.46. The van der Waals surface area contributed by atoms with Gasteiger partial charge in [0.05, 0.1) is 31.5 Å². The predicted molar refractivity (Wildman–Crippen MR) is 98.7 cm³/mol. The number of hydrogen-bond donors (Lipinski definition) is 1. The summed E-state index contributed by atoms with van der Waals surface area (Å²) in [7, 11) is 1.45. The van der Waals surface area contributed by atoms with Gasteiger partial charge in [-0.3, -0.25) is 10.1 Å². The molecule has 2 aromatic rings. The number of nitro benzene ring substituents is 1. The fourth-order valence-electron chi connectivity index (χ4n) is 2.30. The zero-order valence-corrected chi connectivity index (χ0v) is 15.1. The Morgan fingerprint density at radius 2 is 2.15 bits per heavy atom. The maximum Gasteiger partial charge on any atom is 0.322 e. The van der Waals surface area contributed by atoms with Crippen molar-refractivity contribution in [2.75, 3.05) is 43.7 Å². The molecule has 0 unspecified atom stereocenters. The van der Waals surface area contributed by atoms with Gasteiger partial charge in [-0.2, -0.15) is 20.1 Å². The number of hydrogen-bond acceptors (Lipinski definition) is 10. The highest BCUT2D eigenvalue weighted by molar-refractivity contribution is 6.33. The van der Waals surface area contributed by atoms with E-state index in [2.05, 4.69) is 25.5 Å². The molecule has 0 spiro atoms. The molecule has 1 aromatic carbocycles. The number of aromatic nitrogens is 3. The van der Waals surface area contributed by atoms with Gasteiger partial charge in [0.1, 0.15) is 0 Å². The number of anilines is 2. The predicted octanol–water partition coefficient (Wildman–Crippen LogP) is 1.72. The van der Waals surface area contributed by atoms with E-state index >= 15 is 0 Å². The lowest BCUT2D eigenvalue weighted by molar-refractivity contribution is -0.384. The first-order valence-corrected chi connectivity index (χ1v) is 8.30. The Labute approximate surface area is 159 Å². The van der Waals surface area contributed by atoms with Crippen molar-refractivity contribution < 1.29 is 14.4 Å². The molecule has 3 rings (SSSR count). The van der Waals surface area contributed by atoms with Crippen LogP contribution in [0.4, 0.5) is 17.6 Å². The zero-order chi connectivity index (χ0) is 19.2. The molecule has 1 saturated heterocycles. The van der Waals surface area contributed by atoms with Gasteiger partial charge in [0.15, 0.2) is 0 Å². The van der Waals surface area contributed by atoms with Crippen molar-refractivity contribution in [2.24, 2.45) is 5.10 Å². The van der Waals surface area contributed by atoms with E-state index in [0.717, 1.165) is 0 Å². The first-order chi connectivity index (χ1) is 13.1. The molecule has 0 radical (unpaired) electrons. The minimum absolute atomic E-state index is 0.0858. The second-order valence-electron chi connectivity index (χ2n) is 5.38. The van der Waals surface area contributed by atoms with Crippen molar-refractivity contribution in [1.29, 1.82) is 0 Å². The van der Waals surface area contributed by atoms with Crippen LogP contribution in [0.25, 0.3) is 0 Å². The van der Waals surface area contributed by atoms with E-state index in [9.17, 15) is 10.1 Å². The van der Waals surface area contributed by atoms with Crippen LogP contribution in [0.3, 0.4) is 0 Å². The van der Waals surface area contributed by atoms with E-state index in [1.165, 1.54) is 31.5 Å². The van der Waals surface area contributed by atoms with Gasteiger partial charge in [0.2, 0.25) is 5.95 Å². The molecule has 12 heteroatoms. The molecule has 1 aliphatic heterocycles. The zero-order valence-electron chi connectivity index (χ0n) is 14.3. The summed E-state index contributed by atoms with van der Waals surface area (Å²) >= 11 is 6.04. The van der Waals surface area contributed by atoms with Gasteiger partial charge in [0.25, 0.3) is 11.6 Å². The average Bonchev–Trinajstić information content (AvgIpc) is 2.69. The highest BCUT2D eigenvalue weighted by Gasteiger charge is 2.16. The summed E-state index contributed by atoms with van der Waals surface area (Å²) in [6.07, 6.45) is 1.35. The summed E-state index contributed by atoms with van der Waals surface area (Å²) < 4.78 is 10.4. The highest BCUT2D eigenvalue weighted by atomic mass is 35.5. The number of nitrogens with one attached hydrogen (secondary N) is 1. The standard InChI is InChI=1S/C15H16ClN7O4/c1-26-15-19-13(18-14(20-15)22-4-6-27-7-5-22)21-17-9-10-8-11(23(24)25)2-3-12(10)16/h2-3,8-9H,4-7H2,1H3,(H,18,19,20,21)/b17-9+. The molecule has 142 valence electrons. The van der Waals surface area contributed by atoms with E-state index in [1.807, 2.05) is 4.90 Å². The van der Waals surface area contributed by atoms with Gasteiger partial charge in [0, 0.05) is 35.8 Å². The monoisotopic (exact) mass is 393 g/mol. The minimum atomic E-state index is -0.507. The largest absolute Gasteiger partial charge is 0.467 e. The molecule has 0 amide bonds. The normalized spacial score (nSPS) is 14.4. The Hall–Kier alpha value is -3.05. The van der Waals surface area contributed by atoms with Gasteiger partial charge >= 0.3 is 6.01 Å². The number of ether oxygens (including phenoxy) is 2. The molecule has 11 nitrogen and oxygen atoms in total. The molecule has 0 atom stereocenters. The van der Waals surface area contributed by atoms with Crippen LogP contribution >= 0.6 is 11.6 Å². The van der Waals surface area contributed by atoms with Crippen molar-refractivity contribution in [2.45, 2.75) is 0 Å². The molecule has 0 aliphatic carbocycles. The number of morpholine rings is 1. The molecule has 2 heterocycles. The van der Waals surface area contributed by atoms with E-state index in [4.69, 9.17) is 21.1 Å². The van der Waals surface area contributed by atoms with Gasteiger partial charge in [-0.15, -0.1) is 0 Å². The van der Waals surface area contributed by atoms with E-state index in [1.54, 1.807) is 0 Å². The molecule has 0 saturated carbocycles. The molecule has 0 bridgehead atoms. The molecule has 1 aromatic heterocycles. The van der Waals surface area contributed by atoms with Crippen LogP contribution in [0.1, 0.15) is 5.56 Å². The molecule has 1 aliphatic rings. The first-order valence-electron chi connectivity index (χ1n) is 7.92. The van der Waals surface area contributed by atoms with Crippen LogP contribution < -0.4 is 15.1 Å². The average molecular weight is 394 g/mol. The third kappa shape index (κ3) is 4.77. The third-order valence-corrected chi connectivity index (χ3v) is 3.98. The van der Waals surface area contributed by atoms with Crippen LogP contribution in [0.5, 0.6) is 6.01 Å². The summed E-state index contributed by atoms with van der Waals surface area (Å²) in [5, 5.41) is 15.2. The Bertz CT molecular complexity index is 858. The van der Waals surface area contributed by atoms with Gasteiger partial charge in [-0.05, 0) is 6.07 Å². The smallest absolute Gasteiger partial charge is 0.322 e. The fraction of sp³-hybridized carbons (Fsp3) is 0.333. The number of hydrazone groups is 1. The van der Waals surface area contributed by atoms with Crippen LogP contribution in [0.2, 0.25) is 5.02 Å². The van der Waals surface area contributed by atoms with Crippen molar-refractivity contribution in [3.05, 3.63) is 38.9 Å². The van der Waals surface area contributed by atoms with E-state index < -0.39 is 4.92 Å². The quantitative estimate of drug-likeness (QED) is 0.443. The molecular weight excluding hydrogens is 378 g/mol. The number of nitro groups is 1. The number of rotatable bonds is 6. The second-order valence-corrected chi connectivity index (χ2v) is 5.79. The summed E-state index contributed by atoms with van der Waals surface area (Å²) in [5.41, 5.74) is 2.96. The number of halogens is 1. The summed E-state index contributed by atoms with van der Waals surface area (Å²) in [4.78, 5) is 24.9. The lowest BCUT2D eigenvalue weighted by Gasteiger charge is -2.26. The number of benzene rings is 1. The molecular formula is C15H16ClN7O4. The number of non-ortho nitro benzene ring substituents is 1. The Balaban J connectivity index is 1.78. The van der Waals surface area contributed by atoms with E-state index in [-0.39, 0.29) is 17.6 Å². The van der Waals surface area contributed by atoms with Crippen molar-refractivity contribution in [1.82, 2.24) is 15.0 Å². The third-order valence-electron chi connectivity index (χ3n) is 3.64. The lowest BCUT2D eigenvalue weighted by Crippen LogP contribution is -2.37. The van der Waals surface area contributed by atoms with Crippen LogP contribution in [0.15, 0.2) is 23.3 Å². The molecule has 1 fully saturated rings. The van der Waals surface area contributed by atoms with Crippen molar-refractivity contribution in [3.63, 3.8) is 0 Å². The van der Waals surface area contributed by atoms with Crippen molar-refractivity contribution in [3.8, 4) is 6.01 Å². The number of nitrogens with zero attached hydrogens (tertiary/aromatic N) is 6.